The number of carbonyl (C=O) groups is 1. The molecular weight excluding hydrogens is 274 g/mol. The number of aryl methyl sites for hydroxylation is 2. The summed E-state index contributed by atoms with van der Waals surface area (Å²) < 4.78 is 5.26. The fourth-order valence-corrected chi connectivity index (χ4v) is 1.97. The first-order valence-electron chi connectivity index (χ1n) is 6.08. The normalized spacial score (nSPS) is 10.3. The van der Waals surface area contributed by atoms with Crippen molar-refractivity contribution in [2.24, 2.45) is 5.73 Å². The number of thiocarbonyl (C=S) groups is 1. The molecule has 1 aromatic heterocycles. The molecule has 2 aromatic rings. The minimum atomic E-state index is -0.288. The van der Waals surface area contributed by atoms with Crippen molar-refractivity contribution in [2.45, 2.75) is 20.4 Å². The molecule has 0 spiro atoms. The zero-order valence-corrected chi connectivity index (χ0v) is 12.1. The fraction of sp³-hybridized carbons (Fsp3) is 0.214. The quantitative estimate of drug-likeness (QED) is 0.840. The highest BCUT2D eigenvalue weighted by molar-refractivity contribution is 7.80. The van der Waals surface area contributed by atoms with Gasteiger partial charge in [0.1, 0.15) is 4.99 Å². The van der Waals surface area contributed by atoms with Gasteiger partial charge >= 0.3 is 0 Å². The van der Waals surface area contributed by atoms with Crippen LogP contribution >= 0.6 is 12.2 Å². The summed E-state index contributed by atoms with van der Waals surface area (Å²) in [4.78, 5) is 16.4. The number of amides is 1. The van der Waals surface area contributed by atoms with Crippen molar-refractivity contribution in [3.8, 4) is 0 Å². The molecule has 0 aliphatic carbocycles. The number of aromatic nitrogens is 1. The minimum Gasteiger partial charge on any atom is -0.436 e. The van der Waals surface area contributed by atoms with Crippen LogP contribution in [0, 0.1) is 13.8 Å². The number of oxazole rings is 1. The first-order valence-corrected chi connectivity index (χ1v) is 6.49. The van der Waals surface area contributed by atoms with Crippen LogP contribution < -0.4 is 11.1 Å². The molecule has 0 atom stereocenters. The Balaban J connectivity index is 2.05. The van der Waals surface area contributed by atoms with E-state index >= 15 is 0 Å². The number of rotatable bonds is 4. The van der Waals surface area contributed by atoms with E-state index in [1.165, 1.54) is 0 Å². The molecule has 0 radical (unpaired) electrons. The summed E-state index contributed by atoms with van der Waals surface area (Å²) in [6, 6.07) is 7.42. The summed E-state index contributed by atoms with van der Waals surface area (Å²) in [5, 5.41) is 2.78. The third-order valence-corrected chi connectivity index (χ3v) is 3.01. The summed E-state index contributed by atoms with van der Waals surface area (Å²) in [7, 11) is 0. The maximum atomic E-state index is 12.0. The second-order valence-electron chi connectivity index (χ2n) is 4.39. The Labute approximate surface area is 122 Å². The third kappa shape index (κ3) is 3.21. The Morgan fingerprint density at radius 1 is 1.45 bits per heavy atom. The van der Waals surface area contributed by atoms with Gasteiger partial charge in [0.15, 0.2) is 5.89 Å². The van der Waals surface area contributed by atoms with Gasteiger partial charge in [-0.15, -0.1) is 0 Å². The molecule has 1 aromatic carbocycles. The van der Waals surface area contributed by atoms with Gasteiger partial charge in [0.25, 0.3) is 5.91 Å². The second kappa shape index (κ2) is 5.83. The van der Waals surface area contributed by atoms with Crippen LogP contribution in [0.4, 0.5) is 0 Å². The number of hydrogen-bond donors (Lipinski definition) is 2. The summed E-state index contributed by atoms with van der Waals surface area (Å²) in [5.74, 6) is 0.431. The van der Waals surface area contributed by atoms with Crippen LogP contribution in [0.25, 0.3) is 0 Å². The van der Waals surface area contributed by atoms with E-state index in [2.05, 4.69) is 10.3 Å². The van der Waals surface area contributed by atoms with Gasteiger partial charge in [0.2, 0.25) is 5.76 Å². The Morgan fingerprint density at radius 2 is 2.20 bits per heavy atom. The van der Waals surface area contributed by atoms with E-state index in [-0.39, 0.29) is 11.7 Å². The molecule has 2 rings (SSSR count). The van der Waals surface area contributed by atoms with Crippen LogP contribution in [-0.4, -0.2) is 15.9 Å². The monoisotopic (exact) mass is 289 g/mol. The summed E-state index contributed by atoms with van der Waals surface area (Å²) in [6.45, 7) is 3.81. The largest absolute Gasteiger partial charge is 0.436 e. The van der Waals surface area contributed by atoms with E-state index in [0.29, 0.717) is 23.1 Å². The molecule has 0 unspecified atom stereocenters. The maximum absolute atomic E-state index is 12.0. The van der Waals surface area contributed by atoms with Crippen molar-refractivity contribution in [3.05, 3.63) is 52.7 Å². The lowest BCUT2D eigenvalue weighted by Gasteiger charge is -2.05. The topological polar surface area (TPSA) is 81.2 Å². The van der Waals surface area contributed by atoms with Crippen LogP contribution in [0.5, 0.6) is 0 Å². The molecular formula is C14H15N3O2S. The molecule has 104 valence electrons. The van der Waals surface area contributed by atoms with Crippen LogP contribution in [0.15, 0.2) is 28.7 Å². The van der Waals surface area contributed by atoms with Gasteiger partial charge in [-0.1, -0.05) is 30.4 Å². The maximum Gasteiger partial charge on any atom is 0.289 e. The molecule has 0 fully saturated rings. The standard InChI is InChI=1S/C14H15N3O2S/c1-8-12(19-9(2)17-8)14(18)16-7-10-4-3-5-11(6-10)13(15)20/h3-6H,7H2,1-2H3,(H2,15,20)(H,16,18). The summed E-state index contributed by atoms with van der Waals surface area (Å²) in [5.41, 5.74) is 7.84. The second-order valence-corrected chi connectivity index (χ2v) is 4.83. The van der Waals surface area contributed by atoms with Crippen LogP contribution in [-0.2, 0) is 6.54 Å². The zero-order chi connectivity index (χ0) is 14.7. The molecule has 0 saturated heterocycles. The molecule has 3 N–H and O–H groups in total. The predicted molar refractivity (Wildman–Crippen MR) is 79.5 cm³/mol. The van der Waals surface area contributed by atoms with Crippen molar-refractivity contribution in [3.63, 3.8) is 0 Å². The first kappa shape index (κ1) is 14.2. The van der Waals surface area contributed by atoms with Gasteiger partial charge in [-0.25, -0.2) is 4.98 Å². The third-order valence-electron chi connectivity index (χ3n) is 2.77. The van der Waals surface area contributed by atoms with Gasteiger partial charge < -0.3 is 15.5 Å². The van der Waals surface area contributed by atoms with Crippen molar-refractivity contribution in [1.29, 1.82) is 0 Å². The molecule has 6 heteroatoms. The number of hydrogen-bond acceptors (Lipinski definition) is 4. The van der Waals surface area contributed by atoms with Crippen LogP contribution in [0.3, 0.4) is 0 Å². The number of nitrogens with two attached hydrogens (primary N) is 1. The lowest BCUT2D eigenvalue weighted by Crippen LogP contribution is -2.23. The van der Waals surface area contributed by atoms with Crippen molar-refractivity contribution < 1.29 is 9.21 Å². The van der Waals surface area contributed by atoms with Gasteiger partial charge in [-0.2, -0.15) is 0 Å². The van der Waals surface area contributed by atoms with E-state index in [4.69, 9.17) is 22.4 Å². The summed E-state index contributed by atoms with van der Waals surface area (Å²) >= 11 is 4.92. The molecule has 20 heavy (non-hydrogen) atoms. The highest BCUT2D eigenvalue weighted by Crippen LogP contribution is 2.10. The average molecular weight is 289 g/mol. The molecule has 1 heterocycles. The van der Waals surface area contributed by atoms with Crippen molar-refractivity contribution in [2.75, 3.05) is 0 Å². The number of benzene rings is 1. The Kier molecular flexibility index (Phi) is 4.14. The zero-order valence-electron chi connectivity index (χ0n) is 11.3. The highest BCUT2D eigenvalue weighted by Gasteiger charge is 2.15. The fourth-order valence-electron chi connectivity index (χ4n) is 1.84. The van der Waals surface area contributed by atoms with Crippen molar-refractivity contribution in [1.82, 2.24) is 10.3 Å². The van der Waals surface area contributed by atoms with Crippen LogP contribution in [0.1, 0.15) is 33.3 Å². The van der Waals surface area contributed by atoms with E-state index in [1.807, 2.05) is 24.3 Å². The molecule has 0 bridgehead atoms. The first-order chi connectivity index (χ1) is 9.47. The predicted octanol–water partition coefficient (Wildman–Crippen LogP) is 1.86. The smallest absolute Gasteiger partial charge is 0.289 e. The van der Waals surface area contributed by atoms with Gasteiger partial charge in [-0.3, -0.25) is 4.79 Å². The number of nitrogens with zero attached hydrogens (tertiary/aromatic N) is 1. The minimum absolute atomic E-state index is 0.244. The highest BCUT2D eigenvalue weighted by atomic mass is 32.1. The number of carbonyl (C=O) groups excluding carboxylic acids is 1. The van der Waals surface area contributed by atoms with E-state index in [0.717, 1.165) is 11.1 Å². The van der Waals surface area contributed by atoms with Gasteiger partial charge in [-0.05, 0) is 18.6 Å². The van der Waals surface area contributed by atoms with Gasteiger partial charge in [0, 0.05) is 19.0 Å². The van der Waals surface area contributed by atoms with E-state index in [9.17, 15) is 4.79 Å². The Hall–Kier alpha value is -2.21. The van der Waals surface area contributed by atoms with E-state index in [1.54, 1.807) is 13.8 Å². The Bertz CT molecular complexity index is 664. The lowest BCUT2D eigenvalue weighted by molar-refractivity contribution is 0.0921. The molecule has 5 nitrogen and oxygen atoms in total. The lowest BCUT2D eigenvalue weighted by atomic mass is 10.1. The number of nitrogens with one attached hydrogen (secondary N) is 1. The average Bonchev–Trinajstić information content (AvgIpc) is 2.75. The molecule has 0 aliphatic rings. The molecule has 0 aliphatic heterocycles. The summed E-state index contributed by atoms with van der Waals surface area (Å²) in [6.07, 6.45) is 0. The van der Waals surface area contributed by atoms with E-state index < -0.39 is 0 Å². The SMILES string of the molecule is Cc1nc(C)c(C(=O)NCc2cccc(C(N)=S)c2)o1. The molecule has 0 saturated carbocycles. The molecule has 1 amide bonds. The van der Waals surface area contributed by atoms with Crippen molar-refractivity contribution >= 4 is 23.1 Å². The van der Waals surface area contributed by atoms with Gasteiger partial charge in [0.05, 0.1) is 5.69 Å². The Morgan fingerprint density at radius 3 is 2.80 bits per heavy atom. The van der Waals surface area contributed by atoms with Crippen LogP contribution in [0.2, 0.25) is 0 Å².